The van der Waals surface area contributed by atoms with Gasteiger partial charge < -0.3 is 25.0 Å². The number of thiocarbonyl (C=S) groups is 1. The van der Waals surface area contributed by atoms with Crippen molar-refractivity contribution in [1.82, 2.24) is 15.3 Å². The van der Waals surface area contributed by atoms with Gasteiger partial charge in [-0.15, -0.1) is 13.2 Å². The highest BCUT2D eigenvalue weighted by atomic mass is 32.1. The van der Waals surface area contributed by atoms with Gasteiger partial charge in [-0.25, -0.2) is 9.37 Å². The first-order chi connectivity index (χ1) is 16.7. The lowest BCUT2D eigenvalue weighted by atomic mass is 10.1. The summed E-state index contributed by atoms with van der Waals surface area (Å²) in [6.45, 7) is 1.45. The number of ether oxygens (including phenoxy) is 2. The third kappa shape index (κ3) is 7.15. The first kappa shape index (κ1) is 24.5. The highest BCUT2D eigenvalue weighted by Gasteiger charge is 2.32. The Kier molecular flexibility index (Phi) is 7.49. The molecular weight excluding hydrogens is 486 g/mol. The van der Waals surface area contributed by atoms with Crippen LogP contribution in [-0.2, 0) is 0 Å². The standard InChI is InChI=1S/C23H21F4N5O2S/c24-19-12-17(3-4-20(19)34-23(25,26)27)33-18-5-9-29-21(13-18)32-10-6-15(7-11-32)30-22(35)31-16-2-1-8-28-14-16/h1-5,8-9,12-15H,6-7,10-11H2,(H2,30,31,35). The molecule has 12 heteroatoms. The second-order valence-electron chi connectivity index (χ2n) is 7.69. The topological polar surface area (TPSA) is 71.5 Å². The minimum Gasteiger partial charge on any atom is -0.457 e. The molecule has 0 atom stereocenters. The van der Waals surface area contributed by atoms with E-state index in [4.69, 9.17) is 17.0 Å². The third-order valence-electron chi connectivity index (χ3n) is 5.16. The SMILES string of the molecule is Fc1cc(Oc2ccnc(N3CCC(NC(=S)Nc4cccnc4)CC3)c2)ccc1OC(F)(F)F. The van der Waals surface area contributed by atoms with Crippen molar-refractivity contribution in [3.8, 4) is 17.2 Å². The van der Waals surface area contributed by atoms with E-state index in [-0.39, 0.29) is 11.8 Å². The highest BCUT2D eigenvalue weighted by molar-refractivity contribution is 7.80. The Labute approximate surface area is 204 Å². The van der Waals surface area contributed by atoms with Gasteiger partial charge in [0.15, 0.2) is 16.7 Å². The lowest BCUT2D eigenvalue weighted by molar-refractivity contribution is -0.275. The maximum atomic E-state index is 14.0. The second kappa shape index (κ2) is 10.7. The van der Waals surface area contributed by atoms with Crippen LogP contribution < -0.4 is 25.0 Å². The molecule has 1 aliphatic heterocycles. The molecule has 1 saturated heterocycles. The summed E-state index contributed by atoms with van der Waals surface area (Å²) in [5.74, 6) is -1.02. The van der Waals surface area contributed by atoms with E-state index in [2.05, 4.69) is 30.2 Å². The zero-order valence-electron chi connectivity index (χ0n) is 18.3. The van der Waals surface area contributed by atoms with Crippen molar-refractivity contribution in [1.29, 1.82) is 0 Å². The van der Waals surface area contributed by atoms with Crippen molar-refractivity contribution in [2.24, 2.45) is 0 Å². The molecule has 184 valence electrons. The lowest BCUT2D eigenvalue weighted by Crippen LogP contribution is -2.46. The molecule has 2 aromatic heterocycles. The predicted octanol–water partition coefficient (Wildman–Crippen LogP) is 5.26. The summed E-state index contributed by atoms with van der Waals surface area (Å²) in [5, 5.41) is 6.95. The Bertz CT molecular complexity index is 1160. The fourth-order valence-corrected chi connectivity index (χ4v) is 3.85. The van der Waals surface area contributed by atoms with Crippen molar-refractivity contribution < 1.29 is 27.0 Å². The van der Waals surface area contributed by atoms with Crippen LogP contribution in [0.5, 0.6) is 17.2 Å². The monoisotopic (exact) mass is 507 g/mol. The number of hydrogen-bond acceptors (Lipinski definition) is 6. The Balaban J connectivity index is 1.31. The van der Waals surface area contributed by atoms with E-state index in [1.807, 2.05) is 12.1 Å². The molecule has 0 amide bonds. The molecule has 2 N–H and O–H groups in total. The molecule has 3 heterocycles. The molecule has 7 nitrogen and oxygen atoms in total. The van der Waals surface area contributed by atoms with Crippen LogP contribution in [0.1, 0.15) is 12.8 Å². The van der Waals surface area contributed by atoms with Gasteiger partial charge in [0.25, 0.3) is 0 Å². The summed E-state index contributed by atoms with van der Waals surface area (Å²) in [7, 11) is 0. The number of hydrogen-bond donors (Lipinski definition) is 2. The van der Waals surface area contributed by atoms with Gasteiger partial charge in [0.2, 0.25) is 0 Å². The van der Waals surface area contributed by atoms with Crippen molar-refractivity contribution in [2.45, 2.75) is 25.2 Å². The summed E-state index contributed by atoms with van der Waals surface area (Å²) in [4.78, 5) is 10.5. The molecule has 1 aromatic carbocycles. The molecule has 0 spiro atoms. The number of pyridine rings is 2. The van der Waals surface area contributed by atoms with Crippen LogP contribution in [0.4, 0.5) is 29.1 Å². The van der Waals surface area contributed by atoms with Gasteiger partial charge in [-0.3, -0.25) is 4.98 Å². The van der Waals surface area contributed by atoms with Gasteiger partial charge in [-0.1, -0.05) is 0 Å². The fourth-order valence-electron chi connectivity index (χ4n) is 3.57. The molecule has 0 unspecified atom stereocenters. The summed E-state index contributed by atoms with van der Waals surface area (Å²) < 4.78 is 60.2. The first-order valence-electron chi connectivity index (χ1n) is 10.7. The summed E-state index contributed by atoms with van der Waals surface area (Å²) in [6.07, 6.45) is 1.61. The Morgan fingerprint density at radius 1 is 1.06 bits per heavy atom. The average Bonchev–Trinajstić information content (AvgIpc) is 2.81. The summed E-state index contributed by atoms with van der Waals surface area (Å²) in [6, 6.07) is 10.1. The number of halogens is 4. The highest BCUT2D eigenvalue weighted by Crippen LogP contribution is 2.31. The van der Waals surface area contributed by atoms with E-state index < -0.39 is 17.9 Å². The summed E-state index contributed by atoms with van der Waals surface area (Å²) >= 11 is 5.38. The van der Waals surface area contributed by atoms with Crippen LogP contribution in [0.15, 0.2) is 61.1 Å². The van der Waals surface area contributed by atoms with Crippen LogP contribution in [0, 0.1) is 5.82 Å². The second-order valence-corrected chi connectivity index (χ2v) is 8.10. The van der Waals surface area contributed by atoms with Gasteiger partial charge in [-0.05, 0) is 55.4 Å². The number of nitrogens with zero attached hydrogens (tertiary/aromatic N) is 3. The quantitative estimate of drug-likeness (QED) is 0.346. The molecule has 0 radical (unpaired) electrons. The van der Waals surface area contributed by atoms with E-state index in [0.717, 1.165) is 43.8 Å². The van der Waals surface area contributed by atoms with Gasteiger partial charge in [0, 0.05) is 43.7 Å². The molecule has 3 aromatic rings. The van der Waals surface area contributed by atoms with Crippen LogP contribution in [0.3, 0.4) is 0 Å². The van der Waals surface area contributed by atoms with E-state index >= 15 is 0 Å². The Hall–Kier alpha value is -3.67. The molecule has 0 saturated carbocycles. The van der Waals surface area contributed by atoms with Crippen LogP contribution in [0.25, 0.3) is 0 Å². The molecule has 0 bridgehead atoms. The number of alkyl halides is 3. The summed E-state index contributed by atoms with van der Waals surface area (Å²) in [5.41, 5.74) is 0.811. The molecule has 1 fully saturated rings. The van der Waals surface area contributed by atoms with E-state index in [9.17, 15) is 17.6 Å². The molecule has 4 rings (SSSR count). The first-order valence-corrected chi connectivity index (χ1v) is 11.1. The number of benzene rings is 1. The minimum atomic E-state index is -4.98. The van der Waals surface area contributed by atoms with Crippen LogP contribution in [-0.4, -0.2) is 40.6 Å². The maximum Gasteiger partial charge on any atom is 0.573 e. The van der Waals surface area contributed by atoms with Crippen molar-refractivity contribution in [3.05, 3.63) is 66.9 Å². The molecule has 0 aliphatic carbocycles. The zero-order chi connectivity index (χ0) is 24.8. The van der Waals surface area contributed by atoms with E-state index in [1.54, 1.807) is 30.7 Å². The van der Waals surface area contributed by atoms with Crippen molar-refractivity contribution in [3.63, 3.8) is 0 Å². The number of anilines is 2. The van der Waals surface area contributed by atoms with E-state index in [1.165, 1.54) is 6.07 Å². The minimum absolute atomic E-state index is 0.0340. The fraction of sp³-hybridized carbons (Fsp3) is 0.261. The number of rotatable bonds is 6. The van der Waals surface area contributed by atoms with Gasteiger partial charge >= 0.3 is 6.36 Å². The van der Waals surface area contributed by atoms with Crippen molar-refractivity contribution >= 4 is 28.8 Å². The Morgan fingerprint density at radius 3 is 2.51 bits per heavy atom. The normalized spacial score (nSPS) is 14.3. The lowest BCUT2D eigenvalue weighted by Gasteiger charge is -2.33. The van der Waals surface area contributed by atoms with Crippen LogP contribution in [0.2, 0.25) is 0 Å². The van der Waals surface area contributed by atoms with Gasteiger partial charge in [0.05, 0.1) is 11.9 Å². The molecule has 1 aliphatic rings. The smallest absolute Gasteiger partial charge is 0.457 e. The number of piperidine rings is 1. The molecular formula is C23H21F4N5O2S. The van der Waals surface area contributed by atoms with Gasteiger partial charge in [-0.2, -0.15) is 0 Å². The largest absolute Gasteiger partial charge is 0.573 e. The number of aromatic nitrogens is 2. The van der Waals surface area contributed by atoms with Crippen LogP contribution >= 0.6 is 12.2 Å². The van der Waals surface area contributed by atoms with Gasteiger partial charge in [0.1, 0.15) is 17.3 Å². The predicted molar refractivity (Wildman–Crippen MR) is 126 cm³/mol. The third-order valence-corrected chi connectivity index (χ3v) is 5.38. The van der Waals surface area contributed by atoms with Crippen molar-refractivity contribution in [2.75, 3.05) is 23.3 Å². The number of nitrogens with one attached hydrogen (secondary N) is 2. The zero-order valence-corrected chi connectivity index (χ0v) is 19.1. The average molecular weight is 508 g/mol. The maximum absolute atomic E-state index is 14.0. The Morgan fingerprint density at radius 2 is 1.83 bits per heavy atom. The van der Waals surface area contributed by atoms with E-state index in [0.29, 0.717) is 16.7 Å². The molecule has 35 heavy (non-hydrogen) atoms.